The topological polar surface area (TPSA) is 44.8 Å². The molecule has 0 fully saturated rings. The van der Waals surface area contributed by atoms with E-state index in [0.717, 1.165) is 5.56 Å². The summed E-state index contributed by atoms with van der Waals surface area (Å²) < 4.78 is 15.4. The van der Waals surface area contributed by atoms with Gasteiger partial charge in [-0.05, 0) is 5.56 Å². The molecule has 0 bridgehead atoms. The van der Waals surface area contributed by atoms with Crippen molar-refractivity contribution in [2.45, 2.75) is 19.3 Å². The molecule has 1 rings (SSSR count). The normalized spacial score (nSPS) is 12.5. The molecule has 1 aromatic carbocycles. The first-order valence-corrected chi connectivity index (χ1v) is 4.96. The van der Waals surface area contributed by atoms with E-state index in [1.165, 1.54) is 21.1 Å². The van der Waals surface area contributed by atoms with Crippen LogP contribution >= 0.6 is 0 Å². The van der Waals surface area contributed by atoms with Crippen molar-refractivity contribution in [3.8, 4) is 0 Å². The number of carbonyl (C=O) groups excluding carboxylic acids is 1. The van der Waals surface area contributed by atoms with E-state index in [4.69, 9.17) is 14.2 Å². The molecule has 0 saturated carbocycles. The Hall–Kier alpha value is -1.39. The number of methoxy groups -OCH3 is 2. The van der Waals surface area contributed by atoms with Crippen molar-refractivity contribution in [3.05, 3.63) is 35.9 Å². The van der Waals surface area contributed by atoms with Crippen molar-refractivity contribution in [3.63, 3.8) is 0 Å². The molecule has 0 saturated heterocycles. The third-order valence-electron chi connectivity index (χ3n) is 2.13. The number of hydrogen-bond acceptors (Lipinski definition) is 4. The lowest BCUT2D eigenvalue weighted by atomic mass is 10.1. The predicted octanol–water partition coefficient (Wildman–Crippen LogP) is 1.91. The number of rotatable bonds is 5. The zero-order valence-corrected chi connectivity index (χ0v) is 9.67. The Morgan fingerprint density at radius 2 is 1.69 bits per heavy atom. The monoisotopic (exact) mass is 224 g/mol. The molecule has 0 aliphatic heterocycles. The van der Waals surface area contributed by atoms with E-state index in [-0.39, 0.29) is 5.97 Å². The van der Waals surface area contributed by atoms with E-state index in [2.05, 4.69) is 0 Å². The molecule has 0 N–H and O–H groups in total. The molecule has 4 heteroatoms. The first kappa shape index (κ1) is 12.7. The zero-order chi connectivity index (χ0) is 12.0. The molecule has 1 aromatic rings. The van der Waals surface area contributed by atoms with Gasteiger partial charge in [0.25, 0.3) is 0 Å². The molecular formula is C12H16O4. The van der Waals surface area contributed by atoms with Gasteiger partial charge in [-0.2, -0.15) is 0 Å². The summed E-state index contributed by atoms with van der Waals surface area (Å²) in [5.41, 5.74) is 0.839. The Labute approximate surface area is 95.1 Å². The summed E-state index contributed by atoms with van der Waals surface area (Å²) in [4.78, 5) is 11.0. The van der Waals surface area contributed by atoms with Crippen molar-refractivity contribution in [1.82, 2.24) is 0 Å². The summed E-state index contributed by atoms with van der Waals surface area (Å²) in [6.07, 6.45) is -1.15. The van der Waals surface area contributed by atoms with E-state index in [9.17, 15) is 4.79 Å². The number of carbonyl (C=O) groups is 1. The van der Waals surface area contributed by atoms with Crippen molar-refractivity contribution in [2.75, 3.05) is 14.2 Å². The average molecular weight is 224 g/mol. The lowest BCUT2D eigenvalue weighted by Crippen LogP contribution is -2.26. The van der Waals surface area contributed by atoms with Gasteiger partial charge in [-0.15, -0.1) is 0 Å². The molecule has 0 radical (unpaired) electrons. The van der Waals surface area contributed by atoms with Crippen LogP contribution in [0.15, 0.2) is 30.3 Å². The second-order valence-electron chi connectivity index (χ2n) is 3.28. The minimum Gasteiger partial charge on any atom is -0.452 e. The van der Waals surface area contributed by atoms with Crippen molar-refractivity contribution in [2.24, 2.45) is 0 Å². The summed E-state index contributed by atoms with van der Waals surface area (Å²) in [7, 11) is 3.02. The van der Waals surface area contributed by atoms with Gasteiger partial charge < -0.3 is 14.2 Å². The van der Waals surface area contributed by atoms with Gasteiger partial charge in [0, 0.05) is 21.1 Å². The Bertz CT molecular complexity index is 319. The summed E-state index contributed by atoms with van der Waals surface area (Å²) in [6, 6.07) is 9.35. The van der Waals surface area contributed by atoms with Gasteiger partial charge in [-0.1, -0.05) is 30.3 Å². The average Bonchev–Trinajstić information content (AvgIpc) is 2.30. The van der Waals surface area contributed by atoms with Crippen molar-refractivity contribution in [1.29, 1.82) is 0 Å². The van der Waals surface area contributed by atoms with Crippen LogP contribution in [-0.2, 0) is 19.0 Å². The number of ether oxygens (including phenoxy) is 3. The van der Waals surface area contributed by atoms with E-state index >= 15 is 0 Å². The second-order valence-corrected chi connectivity index (χ2v) is 3.28. The van der Waals surface area contributed by atoms with Crippen LogP contribution in [0.3, 0.4) is 0 Å². The van der Waals surface area contributed by atoms with Crippen LogP contribution in [-0.4, -0.2) is 26.5 Å². The SMILES string of the molecule is COC(OC)C(OC(C)=O)c1ccccc1. The molecule has 0 heterocycles. The third-order valence-corrected chi connectivity index (χ3v) is 2.13. The van der Waals surface area contributed by atoms with Gasteiger partial charge in [0.15, 0.2) is 12.4 Å². The fourth-order valence-corrected chi connectivity index (χ4v) is 1.45. The van der Waals surface area contributed by atoms with Gasteiger partial charge >= 0.3 is 5.97 Å². The van der Waals surface area contributed by atoms with Crippen LogP contribution in [0.5, 0.6) is 0 Å². The molecule has 16 heavy (non-hydrogen) atoms. The maximum atomic E-state index is 11.0. The van der Waals surface area contributed by atoms with Crippen molar-refractivity contribution < 1.29 is 19.0 Å². The highest BCUT2D eigenvalue weighted by molar-refractivity contribution is 5.66. The van der Waals surface area contributed by atoms with Crippen LogP contribution in [0.4, 0.5) is 0 Å². The largest absolute Gasteiger partial charge is 0.452 e. The smallest absolute Gasteiger partial charge is 0.303 e. The number of hydrogen-bond donors (Lipinski definition) is 0. The highest BCUT2D eigenvalue weighted by atomic mass is 16.7. The van der Waals surface area contributed by atoms with Crippen LogP contribution in [0, 0.1) is 0 Å². The van der Waals surface area contributed by atoms with E-state index in [0.29, 0.717) is 0 Å². The molecule has 0 aliphatic carbocycles. The maximum Gasteiger partial charge on any atom is 0.303 e. The van der Waals surface area contributed by atoms with E-state index < -0.39 is 12.4 Å². The molecule has 0 aliphatic rings. The van der Waals surface area contributed by atoms with Gasteiger partial charge in [0.1, 0.15) is 0 Å². The van der Waals surface area contributed by atoms with Crippen LogP contribution in [0.25, 0.3) is 0 Å². The second kappa shape index (κ2) is 6.25. The molecule has 88 valence electrons. The van der Waals surface area contributed by atoms with Gasteiger partial charge in [-0.3, -0.25) is 4.79 Å². The predicted molar refractivity (Wildman–Crippen MR) is 58.8 cm³/mol. The molecule has 0 amide bonds. The molecule has 0 spiro atoms. The Balaban J connectivity index is 2.90. The molecule has 4 nitrogen and oxygen atoms in total. The molecule has 1 unspecified atom stereocenters. The van der Waals surface area contributed by atoms with Crippen LogP contribution < -0.4 is 0 Å². The maximum absolute atomic E-state index is 11.0. The van der Waals surface area contributed by atoms with Gasteiger partial charge in [0.05, 0.1) is 0 Å². The zero-order valence-electron chi connectivity index (χ0n) is 9.67. The lowest BCUT2D eigenvalue weighted by molar-refractivity contribution is -0.192. The van der Waals surface area contributed by atoms with E-state index in [1.54, 1.807) is 0 Å². The van der Waals surface area contributed by atoms with Gasteiger partial charge in [0.2, 0.25) is 0 Å². The summed E-state index contributed by atoms with van der Waals surface area (Å²) in [5, 5.41) is 0. The van der Waals surface area contributed by atoms with E-state index in [1.807, 2.05) is 30.3 Å². The molecule has 0 aromatic heterocycles. The fraction of sp³-hybridized carbons (Fsp3) is 0.417. The Morgan fingerprint density at radius 1 is 1.12 bits per heavy atom. The molecule has 1 atom stereocenters. The lowest BCUT2D eigenvalue weighted by Gasteiger charge is -2.24. The summed E-state index contributed by atoms with van der Waals surface area (Å²) in [6.45, 7) is 1.36. The highest BCUT2D eigenvalue weighted by Gasteiger charge is 2.25. The minimum absolute atomic E-state index is 0.368. The Kier molecular flexibility index (Phi) is 4.95. The standard InChI is InChI=1S/C12H16O4/c1-9(13)16-11(12(14-2)15-3)10-7-5-4-6-8-10/h4-8,11-12H,1-3H3. The van der Waals surface area contributed by atoms with Crippen LogP contribution in [0.1, 0.15) is 18.6 Å². The third kappa shape index (κ3) is 3.32. The minimum atomic E-state index is -0.605. The number of benzene rings is 1. The highest BCUT2D eigenvalue weighted by Crippen LogP contribution is 2.23. The van der Waals surface area contributed by atoms with Gasteiger partial charge in [-0.25, -0.2) is 0 Å². The number of esters is 1. The van der Waals surface area contributed by atoms with Crippen molar-refractivity contribution >= 4 is 5.97 Å². The fourth-order valence-electron chi connectivity index (χ4n) is 1.45. The first-order chi connectivity index (χ1) is 7.69. The molecular weight excluding hydrogens is 208 g/mol. The van der Waals surface area contributed by atoms with Crippen LogP contribution in [0.2, 0.25) is 0 Å². The Morgan fingerprint density at radius 3 is 2.12 bits per heavy atom. The summed E-state index contributed by atoms with van der Waals surface area (Å²) >= 11 is 0. The quantitative estimate of drug-likeness (QED) is 0.566. The summed E-state index contributed by atoms with van der Waals surface area (Å²) in [5.74, 6) is -0.368. The first-order valence-electron chi connectivity index (χ1n) is 4.96.